The van der Waals surface area contributed by atoms with Gasteiger partial charge in [-0.15, -0.1) is 0 Å². The van der Waals surface area contributed by atoms with Crippen LogP contribution in [0.5, 0.6) is 0 Å². The van der Waals surface area contributed by atoms with E-state index < -0.39 is 0 Å². The van der Waals surface area contributed by atoms with Crippen molar-refractivity contribution in [2.24, 2.45) is 0 Å². The van der Waals surface area contributed by atoms with E-state index in [0.717, 1.165) is 18.7 Å². The Hall–Kier alpha value is -1.13. The molecule has 4 heteroatoms. The number of piperidine rings is 1. The highest BCUT2D eigenvalue weighted by Crippen LogP contribution is 2.20. The van der Waals surface area contributed by atoms with E-state index in [4.69, 9.17) is 5.73 Å². The van der Waals surface area contributed by atoms with Crippen LogP contribution in [0, 0.1) is 5.82 Å². The average Bonchev–Trinajstić information content (AvgIpc) is 2.42. The van der Waals surface area contributed by atoms with Gasteiger partial charge in [0.05, 0.1) is 0 Å². The maximum atomic E-state index is 13.0. The van der Waals surface area contributed by atoms with Crippen LogP contribution in [-0.4, -0.2) is 42.5 Å². The van der Waals surface area contributed by atoms with Crippen molar-refractivity contribution in [2.75, 3.05) is 32.4 Å². The van der Waals surface area contributed by atoms with Crippen molar-refractivity contribution in [3.05, 3.63) is 29.6 Å². The van der Waals surface area contributed by atoms with E-state index >= 15 is 0 Å². The number of hydrogen-bond donors (Lipinski definition) is 1. The Labute approximate surface area is 115 Å². The minimum Gasteiger partial charge on any atom is -0.398 e. The monoisotopic (exact) mass is 265 g/mol. The molecule has 0 amide bonds. The summed E-state index contributed by atoms with van der Waals surface area (Å²) < 4.78 is 13.0. The molecular weight excluding hydrogens is 241 g/mol. The number of halogens is 1. The molecule has 0 saturated carbocycles. The summed E-state index contributed by atoms with van der Waals surface area (Å²) in [5, 5.41) is 0. The lowest BCUT2D eigenvalue weighted by Gasteiger charge is -2.36. The lowest BCUT2D eigenvalue weighted by atomic mass is 10.0. The van der Waals surface area contributed by atoms with Crippen molar-refractivity contribution < 1.29 is 4.39 Å². The molecule has 1 aliphatic rings. The van der Waals surface area contributed by atoms with Crippen LogP contribution in [0.2, 0.25) is 0 Å². The van der Waals surface area contributed by atoms with E-state index in [-0.39, 0.29) is 5.82 Å². The molecule has 19 heavy (non-hydrogen) atoms. The van der Waals surface area contributed by atoms with E-state index in [1.807, 2.05) is 0 Å². The number of anilines is 1. The molecule has 0 spiro atoms. The van der Waals surface area contributed by atoms with Crippen LogP contribution in [0.1, 0.15) is 25.3 Å². The van der Waals surface area contributed by atoms with Crippen LogP contribution < -0.4 is 5.73 Å². The van der Waals surface area contributed by atoms with Crippen LogP contribution >= 0.6 is 0 Å². The molecule has 0 bridgehead atoms. The normalized spacial score (nSPS) is 18.1. The number of hydrogen-bond acceptors (Lipinski definition) is 3. The topological polar surface area (TPSA) is 32.5 Å². The van der Waals surface area contributed by atoms with E-state index in [1.54, 1.807) is 6.07 Å². The van der Waals surface area contributed by atoms with Crippen LogP contribution in [0.3, 0.4) is 0 Å². The third-order valence-corrected chi connectivity index (χ3v) is 4.16. The number of nitrogens with two attached hydrogens (primary N) is 1. The Morgan fingerprint density at radius 3 is 2.63 bits per heavy atom. The second kappa shape index (κ2) is 6.35. The molecule has 106 valence electrons. The molecule has 0 unspecified atom stereocenters. The van der Waals surface area contributed by atoms with Gasteiger partial charge < -0.3 is 10.6 Å². The molecule has 1 aromatic rings. The SMILES string of the molecule is CCN1CCC(N(C)Cc2ccc(F)cc2N)CC1. The Bertz CT molecular complexity index is 414. The molecule has 2 rings (SSSR count). The number of likely N-dealkylation sites (tertiary alicyclic amines) is 1. The zero-order valence-corrected chi connectivity index (χ0v) is 11.9. The molecule has 1 heterocycles. The van der Waals surface area contributed by atoms with Crippen molar-refractivity contribution >= 4 is 5.69 Å². The van der Waals surface area contributed by atoms with E-state index in [0.29, 0.717) is 11.7 Å². The summed E-state index contributed by atoms with van der Waals surface area (Å²) in [6.45, 7) is 6.49. The van der Waals surface area contributed by atoms with Crippen LogP contribution in [0.25, 0.3) is 0 Å². The van der Waals surface area contributed by atoms with Crippen molar-refractivity contribution in [3.8, 4) is 0 Å². The number of benzene rings is 1. The van der Waals surface area contributed by atoms with Crippen molar-refractivity contribution in [1.82, 2.24) is 9.80 Å². The summed E-state index contributed by atoms with van der Waals surface area (Å²) >= 11 is 0. The second-order valence-corrected chi connectivity index (χ2v) is 5.42. The van der Waals surface area contributed by atoms with E-state index in [1.165, 1.54) is 38.1 Å². The van der Waals surface area contributed by atoms with Gasteiger partial charge in [-0.3, -0.25) is 4.90 Å². The minimum absolute atomic E-state index is 0.264. The average molecular weight is 265 g/mol. The predicted octanol–water partition coefficient (Wildman–Crippen LogP) is 2.32. The number of nitrogen functional groups attached to an aromatic ring is 1. The van der Waals surface area contributed by atoms with Gasteiger partial charge in [-0.1, -0.05) is 13.0 Å². The number of nitrogens with zero attached hydrogens (tertiary/aromatic N) is 2. The molecule has 1 aliphatic heterocycles. The van der Waals surface area contributed by atoms with Gasteiger partial charge in [0, 0.05) is 18.3 Å². The minimum atomic E-state index is -0.264. The zero-order chi connectivity index (χ0) is 13.8. The first kappa shape index (κ1) is 14.3. The Morgan fingerprint density at radius 1 is 1.37 bits per heavy atom. The van der Waals surface area contributed by atoms with Crippen molar-refractivity contribution in [1.29, 1.82) is 0 Å². The first-order valence-electron chi connectivity index (χ1n) is 7.06. The smallest absolute Gasteiger partial charge is 0.125 e. The molecule has 1 saturated heterocycles. The van der Waals surface area contributed by atoms with Crippen molar-refractivity contribution in [2.45, 2.75) is 32.4 Å². The van der Waals surface area contributed by atoms with Gasteiger partial charge in [0.1, 0.15) is 5.82 Å². The van der Waals surface area contributed by atoms with Crippen LogP contribution in [-0.2, 0) is 6.54 Å². The van der Waals surface area contributed by atoms with Gasteiger partial charge >= 0.3 is 0 Å². The third-order valence-electron chi connectivity index (χ3n) is 4.16. The summed E-state index contributed by atoms with van der Waals surface area (Å²) in [6.07, 6.45) is 2.40. The maximum absolute atomic E-state index is 13.0. The van der Waals surface area contributed by atoms with Gasteiger partial charge in [0.2, 0.25) is 0 Å². The summed E-state index contributed by atoms with van der Waals surface area (Å²) in [4.78, 5) is 4.83. The molecule has 1 fully saturated rings. The highest BCUT2D eigenvalue weighted by molar-refractivity contribution is 5.46. The largest absolute Gasteiger partial charge is 0.398 e. The molecule has 1 aromatic carbocycles. The lowest BCUT2D eigenvalue weighted by molar-refractivity contribution is 0.127. The standard InChI is InChI=1S/C15H24FN3/c1-3-19-8-6-14(7-9-19)18(2)11-12-4-5-13(16)10-15(12)17/h4-5,10,14H,3,6-9,11,17H2,1-2H3. The Morgan fingerprint density at radius 2 is 2.05 bits per heavy atom. The summed E-state index contributed by atoms with van der Waals surface area (Å²) in [5.41, 5.74) is 7.44. The Kier molecular flexibility index (Phi) is 4.77. The van der Waals surface area contributed by atoms with E-state index in [2.05, 4.69) is 23.8 Å². The first-order chi connectivity index (χ1) is 9.10. The second-order valence-electron chi connectivity index (χ2n) is 5.42. The zero-order valence-electron chi connectivity index (χ0n) is 11.9. The quantitative estimate of drug-likeness (QED) is 0.848. The fraction of sp³-hybridized carbons (Fsp3) is 0.600. The molecule has 0 aromatic heterocycles. The van der Waals surface area contributed by atoms with Crippen LogP contribution in [0.15, 0.2) is 18.2 Å². The highest BCUT2D eigenvalue weighted by atomic mass is 19.1. The van der Waals surface area contributed by atoms with Gasteiger partial charge in [-0.25, -0.2) is 4.39 Å². The van der Waals surface area contributed by atoms with Gasteiger partial charge in [0.25, 0.3) is 0 Å². The lowest BCUT2D eigenvalue weighted by Crippen LogP contribution is -2.42. The maximum Gasteiger partial charge on any atom is 0.125 e. The molecule has 0 radical (unpaired) electrons. The summed E-state index contributed by atoms with van der Waals surface area (Å²) in [7, 11) is 2.13. The van der Waals surface area contributed by atoms with Gasteiger partial charge in [-0.2, -0.15) is 0 Å². The molecule has 0 aliphatic carbocycles. The summed E-state index contributed by atoms with van der Waals surface area (Å²) in [5.74, 6) is -0.264. The highest BCUT2D eigenvalue weighted by Gasteiger charge is 2.21. The number of rotatable bonds is 4. The van der Waals surface area contributed by atoms with Gasteiger partial charge in [0.15, 0.2) is 0 Å². The fourth-order valence-corrected chi connectivity index (χ4v) is 2.78. The fourth-order valence-electron chi connectivity index (χ4n) is 2.78. The van der Waals surface area contributed by atoms with E-state index in [9.17, 15) is 4.39 Å². The third kappa shape index (κ3) is 3.67. The Balaban J connectivity index is 1.92. The first-order valence-corrected chi connectivity index (χ1v) is 7.06. The van der Waals surface area contributed by atoms with Crippen LogP contribution in [0.4, 0.5) is 10.1 Å². The predicted molar refractivity (Wildman–Crippen MR) is 77.4 cm³/mol. The van der Waals surface area contributed by atoms with Crippen molar-refractivity contribution in [3.63, 3.8) is 0 Å². The summed E-state index contributed by atoms with van der Waals surface area (Å²) in [6, 6.07) is 5.29. The molecular formula is C15H24FN3. The molecule has 0 atom stereocenters. The van der Waals surface area contributed by atoms with Gasteiger partial charge in [-0.05, 0) is 57.2 Å². The molecule has 3 nitrogen and oxygen atoms in total. The molecule has 2 N–H and O–H groups in total.